The third-order valence-electron chi connectivity index (χ3n) is 6.32. The number of rotatable bonds is 7. The van der Waals surface area contributed by atoms with E-state index in [1.165, 1.54) is 15.6 Å². The maximum atomic E-state index is 10.6. The molecule has 1 fully saturated rings. The van der Waals surface area contributed by atoms with Crippen LogP contribution >= 0.6 is 0 Å². The first-order valence-electron chi connectivity index (χ1n) is 11.8. The van der Waals surface area contributed by atoms with Gasteiger partial charge in [-0.05, 0) is 29.8 Å². The summed E-state index contributed by atoms with van der Waals surface area (Å²) in [6.07, 6.45) is 2.04. The summed E-state index contributed by atoms with van der Waals surface area (Å²) >= 11 is 0. The Morgan fingerprint density at radius 1 is 1.03 bits per heavy atom. The molecule has 0 unspecified atom stereocenters. The third-order valence-corrected chi connectivity index (χ3v) is 6.32. The number of nitrogens with one attached hydrogen (secondary N) is 1. The highest BCUT2D eigenvalue weighted by Gasteiger charge is 2.44. The fourth-order valence-corrected chi connectivity index (χ4v) is 4.31. The predicted octanol–water partition coefficient (Wildman–Crippen LogP) is 1.44. The zero-order valence-electron chi connectivity index (χ0n) is 20.2. The van der Waals surface area contributed by atoms with E-state index >= 15 is 0 Å². The van der Waals surface area contributed by atoms with Crippen LogP contribution in [-0.2, 0) is 4.74 Å². The van der Waals surface area contributed by atoms with Gasteiger partial charge in [0.2, 0.25) is 0 Å². The minimum absolute atomic E-state index is 0.226. The largest absolute Gasteiger partial charge is 0.497 e. The number of hydrogen-bond acceptors (Lipinski definition) is 11. The second kappa shape index (κ2) is 9.79. The zero-order chi connectivity index (χ0) is 26.2. The van der Waals surface area contributed by atoms with Crippen molar-refractivity contribution in [1.29, 1.82) is 0 Å². The first-order chi connectivity index (χ1) is 18.6. The van der Waals surface area contributed by atoms with Crippen molar-refractivity contribution < 1.29 is 24.8 Å². The van der Waals surface area contributed by atoms with Crippen LogP contribution in [0.1, 0.15) is 6.23 Å². The van der Waals surface area contributed by atoms with Gasteiger partial charge < -0.3 is 30.1 Å². The number of benzene rings is 1. The van der Waals surface area contributed by atoms with Gasteiger partial charge in [-0.2, -0.15) is 15.1 Å². The molecule has 5 aromatic rings. The van der Waals surface area contributed by atoms with Crippen LogP contribution in [0.5, 0.6) is 5.75 Å². The maximum absolute atomic E-state index is 10.6. The third kappa shape index (κ3) is 4.22. The van der Waals surface area contributed by atoms with Gasteiger partial charge in [0.15, 0.2) is 23.2 Å². The van der Waals surface area contributed by atoms with Crippen molar-refractivity contribution in [3.05, 3.63) is 67.4 Å². The van der Waals surface area contributed by atoms with Crippen molar-refractivity contribution in [1.82, 2.24) is 34.3 Å². The summed E-state index contributed by atoms with van der Waals surface area (Å²) in [6, 6.07) is 13.0. The molecule has 6 rings (SSSR count). The summed E-state index contributed by atoms with van der Waals surface area (Å²) in [5, 5.41) is 38.0. The number of aliphatic hydroxyl groups excluding tert-OH is 3. The van der Waals surface area contributed by atoms with Crippen LogP contribution in [-0.4, -0.2) is 81.6 Å². The number of methoxy groups -OCH3 is 1. The Morgan fingerprint density at radius 3 is 2.58 bits per heavy atom. The molecule has 4 atom stereocenters. The van der Waals surface area contributed by atoms with Crippen molar-refractivity contribution in [2.45, 2.75) is 24.5 Å². The Kier molecular flexibility index (Phi) is 6.17. The molecule has 1 aliphatic heterocycles. The van der Waals surface area contributed by atoms with E-state index in [2.05, 4.69) is 30.4 Å². The summed E-state index contributed by atoms with van der Waals surface area (Å²) in [4.78, 5) is 18.1. The second-order valence-corrected chi connectivity index (χ2v) is 8.67. The van der Waals surface area contributed by atoms with Crippen LogP contribution in [0.25, 0.3) is 28.2 Å². The van der Waals surface area contributed by atoms with Crippen molar-refractivity contribution >= 4 is 22.8 Å². The zero-order valence-corrected chi connectivity index (χ0v) is 20.2. The van der Waals surface area contributed by atoms with Gasteiger partial charge in [-0.1, -0.05) is 18.2 Å². The fraction of sp³-hybridized carbons (Fsp3) is 0.240. The minimum atomic E-state index is -1.30. The lowest BCUT2D eigenvalue weighted by Gasteiger charge is -2.17. The molecule has 0 spiro atoms. The van der Waals surface area contributed by atoms with Crippen LogP contribution in [0.4, 0.5) is 11.6 Å². The van der Waals surface area contributed by atoms with E-state index < -0.39 is 31.1 Å². The smallest absolute Gasteiger partial charge is 0.254 e. The van der Waals surface area contributed by atoms with Crippen LogP contribution in [0.3, 0.4) is 0 Å². The molecule has 1 aliphatic rings. The van der Waals surface area contributed by atoms with E-state index in [0.29, 0.717) is 22.8 Å². The molecule has 0 saturated carbocycles. The van der Waals surface area contributed by atoms with Crippen molar-refractivity contribution in [3.63, 3.8) is 0 Å². The highest BCUT2D eigenvalue weighted by Crippen LogP contribution is 2.33. The van der Waals surface area contributed by atoms with E-state index in [9.17, 15) is 15.3 Å². The molecule has 4 N–H and O–H groups in total. The molecule has 1 saturated heterocycles. The summed E-state index contributed by atoms with van der Waals surface area (Å²) in [7, 11) is 1.61. The molecule has 38 heavy (non-hydrogen) atoms. The first-order valence-corrected chi connectivity index (χ1v) is 11.8. The Hall–Kier alpha value is -4.43. The second-order valence-electron chi connectivity index (χ2n) is 8.67. The van der Waals surface area contributed by atoms with Crippen LogP contribution in [0, 0.1) is 0 Å². The number of fused-ring (bicyclic) bond motifs is 1. The molecule has 13 heteroatoms. The standard InChI is InChI=1S/C25H24N8O5/c1-37-16-7-5-14(6-8-16)15-10-28-33(11-15)25-30-22(29-18-4-2-3-9-26-18)19-23(31-25)32(13-27-19)24-21(36)20(35)17(12-34)38-24/h2-11,13,17,20-21,24,34-36H,12H2,1H3,(H,26,29,30,31)/t17-,20-,21-,24-/m1/s1. The van der Waals surface area contributed by atoms with Gasteiger partial charge in [-0.3, -0.25) is 4.57 Å². The number of pyridine rings is 1. The quantitative estimate of drug-likeness (QED) is 0.247. The monoisotopic (exact) mass is 516 g/mol. The van der Waals surface area contributed by atoms with Crippen molar-refractivity contribution in [2.24, 2.45) is 0 Å². The number of aliphatic hydroxyl groups is 3. The molecule has 5 heterocycles. The van der Waals surface area contributed by atoms with Gasteiger partial charge in [-0.15, -0.1) is 0 Å². The van der Waals surface area contributed by atoms with Crippen molar-refractivity contribution in [2.75, 3.05) is 19.0 Å². The topological polar surface area (TPSA) is 165 Å². The lowest BCUT2D eigenvalue weighted by Crippen LogP contribution is -2.33. The highest BCUT2D eigenvalue weighted by atomic mass is 16.6. The molecule has 4 aromatic heterocycles. The maximum Gasteiger partial charge on any atom is 0.254 e. The molecule has 194 valence electrons. The number of ether oxygens (including phenoxy) is 2. The molecular weight excluding hydrogens is 492 g/mol. The van der Waals surface area contributed by atoms with Crippen LogP contribution in [0.2, 0.25) is 0 Å². The number of anilines is 2. The molecule has 0 amide bonds. The molecule has 13 nitrogen and oxygen atoms in total. The Labute approximate surface area is 216 Å². The minimum Gasteiger partial charge on any atom is -0.497 e. The lowest BCUT2D eigenvalue weighted by atomic mass is 10.1. The van der Waals surface area contributed by atoms with E-state index in [0.717, 1.165) is 16.9 Å². The normalized spacial score (nSPS) is 21.2. The Bertz CT molecular complexity index is 1560. The van der Waals surface area contributed by atoms with E-state index in [-0.39, 0.29) is 5.95 Å². The van der Waals surface area contributed by atoms with E-state index in [1.807, 2.05) is 30.3 Å². The van der Waals surface area contributed by atoms with Crippen LogP contribution < -0.4 is 10.1 Å². The molecule has 0 aliphatic carbocycles. The number of hydrogen-bond donors (Lipinski definition) is 4. The Morgan fingerprint density at radius 2 is 1.87 bits per heavy atom. The van der Waals surface area contributed by atoms with Gasteiger partial charge >= 0.3 is 0 Å². The van der Waals surface area contributed by atoms with Gasteiger partial charge in [0.1, 0.15) is 29.9 Å². The van der Waals surface area contributed by atoms with Gasteiger partial charge in [-0.25, -0.2) is 14.6 Å². The van der Waals surface area contributed by atoms with E-state index in [1.54, 1.807) is 37.8 Å². The van der Waals surface area contributed by atoms with Crippen molar-refractivity contribution in [3.8, 4) is 22.8 Å². The van der Waals surface area contributed by atoms with E-state index in [4.69, 9.17) is 9.47 Å². The summed E-state index contributed by atoms with van der Waals surface area (Å²) in [5.41, 5.74) is 2.48. The fourth-order valence-electron chi connectivity index (χ4n) is 4.31. The lowest BCUT2D eigenvalue weighted by molar-refractivity contribution is -0.0511. The predicted molar refractivity (Wildman–Crippen MR) is 135 cm³/mol. The van der Waals surface area contributed by atoms with Crippen LogP contribution in [0.15, 0.2) is 67.4 Å². The average Bonchev–Trinajstić information content (AvgIpc) is 3.68. The number of nitrogens with zero attached hydrogens (tertiary/aromatic N) is 7. The van der Waals surface area contributed by atoms with Gasteiger partial charge in [0.25, 0.3) is 5.95 Å². The molecule has 0 radical (unpaired) electrons. The highest BCUT2D eigenvalue weighted by molar-refractivity contribution is 5.85. The molecule has 0 bridgehead atoms. The molecule has 1 aromatic carbocycles. The summed E-state index contributed by atoms with van der Waals surface area (Å²) in [6.45, 7) is -0.449. The first kappa shape index (κ1) is 23.9. The van der Waals surface area contributed by atoms with Gasteiger partial charge in [0.05, 0.1) is 26.2 Å². The number of imidazole rings is 1. The SMILES string of the molecule is COc1ccc(-c2cnn(-c3nc(Nc4ccccn4)c4ncn([C@@H]5O[C@H](CO)[C@@H](O)[C@H]5O)c4n3)c2)cc1. The average molecular weight is 517 g/mol. The Balaban J connectivity index is 1.44. The summed E-state index contributed by atoms with van der Waals surface area (Å²) in [5.74, 6) is 1.87. The number of aromatic nitrogens is 7. The van der Waals surface area contributed by atoms with Gasteiger partial charge in [0, 0.05) is 18.0 Å². The summed E-state index contributed by atoms with van der Waals surface area (Å²) < 4.78 is 14.0. The molecular formula is C25H24N8O5.